The van der Waals surface area contributed by atoms with E-state index in [1.54, 1.807) is 0 Å². The third-order valence-corrected chi connectivity index (χ3v) is 4.97. The zero-order valence-electron chi connectivity index (χ0n) is 15.6. The van der Waals surface area contributed by atoms with Crippen molar-refractivity contribution in [2.24, 2.45) is 0 Å². The van der Waals surface area contributed by atoms with Gasteiger partial charge in [0, 0.05) is 11.1 Å². The van der Waals surface area contributed by atoms with Crippen LogP contribution in [-0.2, 0) is 11.2 Å². The molecule has 2 aromatic carbocycles. The van der Waals surface area contributed by atoms with Crippen molar-refractivity contribution in [2.45, 2.75) is 18.5 Å². The second-order valence-electron chi connectivity index (χ2n) is 6.13. The molecular formula is C20H18N6O2S. The molecule has 0 atom stereocenters. The Bertz CT molecular complexity index is 1090. The standard InChI is InChI=1S/C20H18N6O2S/c1-2-13-8-10-14(11-9-13)17-22-20(26-23-17)29-12-16(27)21-19-25-24-18(28-19)15-6-4-3-5-7-15/h3-11H,2,12H2,1H3,(H,21,25,27)(H,22,23,26). The molecule has 0 aliphatic carbocycles. The second kappa shape index (κ2) is 8.70. The molecule has 0 aliphatic heterocycles. The predicted octanol–water partition coefficient (Wildman–Crippen LogP) is 3.81. The Hall–Kier alpha value is -3.46. The maximum atomic E-state index is 12.2. The molecule has 146 valence electrons. The number of H-pyrrole nitrogens is 1. The van der Waals surface area contributed by atoms with Crippen molar-refractivity contribution in [3.05, 3.63) is 60.2 Å². The maximum Gasteiger partial charge on any atom is 0.322 e. The van der Waals surface area contributed by atoms with Crippen LogP contribution < -0.4 is 5.32 Å². The zero-order valence-corrected chi connectivity index (χ0v) is 16.4. The Morgan fingerprint density at radius 2 is 1.86 bits per heavy atom. The molecule has 0 saturated heterocycles. The van der Waals surface area contributed by atoms with Crippen LogP contribution in [0.15, 0.2) is 64.2 Å². The summed E-state index contributed by atoms with van der Waals surface area (Å²) in [5, 5.41) is 17.9. The van der Waals surface area contributed by atoms with Crippen molar-refractivity contribution < 1.29 is 9.21 Å². The highest BCUT2D eigenvalue weighted by Crippen LogP contribution is 2.21. The van der Waals surface area contributed by atoms with Gasteiger partial charge < -0.3 is 4.42 Å². The average Bonchev–Trinajstić information content (AvgIpc) is 3.43. The summed E-state index contributed by atoms with van der Waals surface area (Å²) in [6, 6.07) is 17.5. The highest BCUT2D eigenvalue weighted by Gasteiger charge is 2.13. The van der Waals surface area contributed by atoms with Crippen molar-refractivity contribution in [1.82, 2.24) is 25.4 Å². The molecule has 0 fully saturated rings. The number of benzene rings is 2. The van der Waals surface area contributed by atoms with E-state index in [1.807, 2.05) is 42.5 Å². The molecule has 2 aromatic heterocycles. The Labute approximate surface area is 171 Å². The first-order valence-corrected chi connectivity index (χ1v) is 10.0. The fourth-order valence-corrected chi connectivity index (χ4v) is 3.19. The number of thioether (sulfide) groups is 1. The SMILES string of the molecule is CCc1ccc(-c2nc(SCC(=O)Nc3nnc(-c4ccccc4)o3)n[nH]2)cc1. The van der Waals surface area contributed by atoms with Gasteiger partial charge >= 0.3 is 6.01 Å². The lowest BCUT2D eigenvalue weighted by Crippen LogP contribution is -2.14. The topological polar surface area (TPSA) is 110 Å². The number of aromatic amines is 1. The Kier molecular flexibility index (Phi) is 5.66. The average molecular weight is 406 g/mol. The predicted molar refractivity (Wildman–Crippen MR) is 110 cm³/mol. The summed E-state index contributed by atoms with van der Waals surface area (Å²) in [6.07, 6.45) is 0.986. The molecule has 0 aliphatic rings. The van der Waals surface area contributed by atoms with Gasteiger partial charge in [0.1, 0.15) is 0 Å². The molecule has 2 N–H and O–H groups in total. The van der Waals surface area contributed by atoms with E-state index in [2.05, 4.69) is 49.8 Å². The summed E-state index contributed by atoms with van der Waals surface area (Å²) in [5.41, 5.74) is 3.00. The van der Waals surface area contributed by atoms with Crippen LogP contribution in [0.4, 0.5) is 6.01 Å². The number of hydrogen-bond acceptors (Lipinski definition) is 7. The van der Waals surface area contributed by atoms with E-state index in [0.717, 1.165) is 17.5 Å². The number of rotatable bonds is 7. The van der Waals surface area contributed by atoms with Gasteiger partial charge in [-0.1, -0.05) is 66.2 Å². The van der Waals surface area contributed by atoms with Crippen molar-refractivity contribution in [2.75, 3.05) is 11.1 Å². The largest absolute Gasteiger partial charge is 0.403 e. The molecule has 4 rings (SSSR count). The number of hydrogen-bond donors (Lipinski definition) is 2. The third kappa shape index (κ3) is 4.69. The minimum absolute atomic E-state index is 0.0566. The number of carbonyl (C=O) groups excluding carboxylic acids is 1. The maximum absolute atomic E-state index is 12.2. The first-order valence-electron chi connectivity index (χ1n) is 9.04. The number of aromatic nitrogens is 5. The summed E-state index contributed by atoms with van der Waals surface area (Å²) < 4.78 is 5.47. The summed E-state index contributed by atoms with van der Waals surface area (Å²) in [4.78, 5) is 16.6. The summed E-state index contributed by atoms with van der Waals surface area (Å²) in [7, 11) is 0. The third-order valence-electron chi connectivity index (χ3n) is 4.12. The van der Waals surface area contributed by atoms with Gasteiger partial charge in [0.15, 0.2) is 5.82 Å². The lowest BCUT2D eigenvalue weighted by Gasteiger charge is -1.99. The lowest BCUT2D eigenvalue weighted by molar-refractivity contribution is -0.113. The van der Waals surface area contributed by atoms with E-state index >= 15 is 0 Å². The van der Waals surface area contributed by atoms with Crippen molar-refractivity contribution in [1.29, 1.82) is 0 Å². The Balaban J connectivity index is 1.32. The normalized spacial score (nSPS) is 10.8. The molecular weight excluding hydrogens is 388 g/mol. The van der Waals surface area contributed by atoms with E-state index in [-0.39, 0.29) is 17.7 Å². The molecule has 8 nitrogen and oxygen atoms in total. The van der Waals surface area contributed by atoms with Crippen LogP contribution in [0.5, 0.6) is 0 Å². The minimum atomic E-state index is -0.281. The van der Waals surface area contributed by atoms with Gasteiger partial charge in [0.25, 0.3) is 0 Å². The van der Waals surface area contributed by atoms with Crippen LogP contribution in [0.3, 0.4) is 0 Å². The van der Waals surface area contributed by atoms with Crippen LogP contribution in [-0.4, -0.2) is 37.0 Å². The van der Waals surface area contributed by atoms with Crippen molar-refractivity contribution in [3.63, 3.8) is 0 Å². The van der Waals surface area contributed by atoms with Gasteiger partial charge in [-0.05, 0) is 24.1 Å². The van der Waals surface area contributed by atoms with Crippen LogP contribution >= 0.6 is 11.8 Å². The highest BCUT2D eigenvalue weighted by atomic mass is 32.2. The number of anilines is 1. The van der Waals surface area contributed by atoms with E-state index in [0.29, 0.717) is 16.9 Å². The summed E-state index contributed by atoms with van der Waals surface area (Å²) in [6.45, 7) is 2.11. The lowest BCUT2D eigenvalue weighted by atomic mass is 10.1. The quantitative estimate of drug-likeness (QED) is 0.449. The van der Waals surface area contributed by atoms with E-state index in [1.165, 1.54) is 17.3 Å². The minimum Gasteiger partial charge on any atom is -0.403 e. The van der Waals surface area contributed by atoms with E-state index in [9.17, 15) is 4.79 Å². The Morgan fingerprint density at radius 1 is 1.07 bits per heavy atom. The van der Waals surface area contributed by atoms with Crippen molar-refractivity contribution in [3.8, 4) is 22.8 Å². The molecule has 0 spiro atoms. The monoisotopic (exact) mass is 406 g/mol. The fourth-order valence-electron chi connectivity index (χ4n) is 2.59. The zero-order chi connectivity index (χ0) is 20.1. The number of nitrogens with one attached hydrogen (secondary N) is 2. The Morgan fingerprint density at radius 3 is 2.62 bits per heavy atom. The molecule has 1 amide bonds. The first-order chi connectivity index (χ1) is 14.2. The van der Waals surface area contributed by atoms with Gasteiger partial charge in [0.05, 0.1) is 5.75 Å². The van der Waals surface area contributed by atoms with Gasteiger partial charge in [-0.3, -0.25) is 15.2 Å². The molecule has 4 aromatic rings. The molecule has 29 heavy (non-hydrogen) atoms. The second-order valence-corrected chi connectivity index (χ2v) is 7.07. The van der Waals surface area contributed by atoms with Gasteiger partial charge in [-0.25, -0.2) is 4.98 Å². The molecule has 0 bridgehead atoms. The van der Waals surface area contributed by atoms with Crippen LogP contribution in [0.25, 0.3) is 22.8 Å². The highest BCUT2D eigenvalue weighted by molar-refractivity contribution is 7.99. The van der Waals surface area contributed by atoms with Crippen LogP contribution in [0.1, 0.15) is 12.5 Å². The van der Waals surface area contributed by atoms with Crippen LogP contribution in [0.2, 0.25) is 0 Å². The molecule has 0 radical (unpaired) electrons. The van der Waals surface area contributed by atoms with Gasteiger partial charge in [-0.15, -0.1) is 10.2 Å². The number of aryl methyl sites for hydroxylation is 1. The summed E-state index contributed by atoms with van der Waals surface area (Å²) >= 11 is 1.22. The molecule has 0 unspecified atom stereocenters. The summed E-state index contributed by atoms with van der Waals surface area (Å²) in [5.74, 6) is 0.855. The van der Waals surface area contributed by atoms with Gasteiger partial charge in [-0.2, -0.15) is 0 Å². The smallest absolute Gasteiger partial charge is 0.322 e. The molecule has 0 saturated carbocycles. The fraction of sp³-hybridized carbons (Fsp3) is 0.150. The number of carbonyl (C=O) groups is 1. The van der Waals surface area contributed by atoms with Crippen LogP contribution in [0, 0.1) is 0 Å². The van der Waals surface area contributed by atoms with E-state index in [4.69, 9.17) is 4.42 Å². The van der Waals surface area contributed by atoms with Crippen molar-refractivity contribution >= 4 is 23.7 Å². The molecule has 2 heterocycles. The first kappa shape index (κ1) is 18.9. The molecule has 9 heteroatoms. The van der Waals surface area contributed by atoms with E-state index < -0.39 is 0 Å². The number of nitrogens with zero attached hydrogens (tertiary/aromatic N) is 4. The number of amides is 1. The van der Waals surface area contributed by atoms with Gasteiger partial charge in [0.2, 0.25) is 17.0 Å².